The lowest BCUT2D eigenvalue weighted by Crippen LogP contribution is -2.55. The van der Waals surface area contributed by atoms with Crippen LogP contribution in [0.2, 0.25) is 0 Å². The molecule has 6 heterocycles. The third-order valence-electron chi connectivity index (χ3n) is 19.9. The van der Waals surface area contributed by atoms with Crippen LogP contribution in [0.3, 0.4) is 0 Å². The SMILES string of the molecule is C[C@]12CC=C3C=C4CC[C@H](N)C[C@]45CC[C@]3(O5)[C@@H]1CC[C@@H]2c1ccc2ccncc2c1.C[C@]12CC=C3C=C4CC[C@H](NS(C)(=O)=O)C[C@]45CC[C@]3(O5)[C@@H]1CC[C@@H]2c1ccc2ccncc2c1. The molecule has 2 aromatic carbocycles. The zero-order valence-electron chi connectivity index (χ0n) is 39.0. The van der Waals surface area contributed by atoms with Crippen molar-refractivity contribution in [3.05, 3.63) is 131 Å². The van der Waals surface area contributed by atoms with Crippen LogP contribution in [-0.2, 0) is 19.5 Å². The van der Waals surface area contributed by atoms with Gasteiger partial charge in [-0.05, 0) is 206 Å². The van der Waals surface area contributed by atoms with Crippen molar-refractivity contribution in [2.24, 2.45) is 28.4 Å². The second-order valence-corrected chi connectivity index (χ2v) is 25.0. The van der Waals surface area contributed by atoms with Gasteiger partial charge in [0, 0.05) is 47.6 Å². The third kappa shape index (κ3) is 6.10. The van der Waals surface area contributed by atoms with E-state index >= 15 is 0 Å². The van der Waals surface area contributed by atoms with Gasteiger partial charge in [0.1, 0.15) is 0 Å². The largest absolute Gasteiger partial charge is 0.359 e. The Balaban J connectivity index is 0.000000133. The van der Waals surface area contributed by atoms with E-state index in [0.717, 1.165) is 70.6 Å². The Kier molecular flexibility index (Phi) is 9.27. The van der Waals surface area contributed by atoms with Gasteiger partial charge in [-0.2, -0.15) is 0 Å². The average molecular weight is 903 g/mol. The van der Waals surface area contributed by atoms with Gasteiger partial charge in [0.15, 0.2) is 0 Å². The number of nitrogens with zero attached hydrogens (tertiary/aromatic N) is 2. The van der Waals surface area contributed by atoms with Crippen molar-refractivity contribution in [3.8, 4) is 0 Å². The van der Waals surface area contributed by atoms with Crippen LogP contribution in [0.5, 0.6) is 0 Å². The monoisotopic (exact) mass is 902 g/mol. The summed E-state index contributed by atoms with van der Waals surface area (Å²) in [5, 5.41) is 5.00. The van der Waals surface area contributed by atoms with E-state index in [1.807, 2.05) is 24.8 Å². The molecule has 8 nitrogen and oxygen atoms in total. The first-order valence-corrected chi connectivity index (χ1v) is 27.3. The van der Waals surface area contributed by atoms with Gasteiger partial charge in [-0.1, -0.05) is 62.4 Å². The Bertz CT molecular complexity index is 2940. The lowest BCUT2D eigenvalue weighted by Gasteiger charge is -2.54. The zero-order chi connectivity index (χ0) is 44.9. The maximum absolute atomic E-state index is 12.0. The highest BCUT2D eigenvalue weighted by Crippen LogP contribution is 2.71. The Morgan fingerprint density at radius 1 is 0.636 bits per heavy atom. The number of allylic oxidation sites excluding steroid dienone is 2. The summed E-state index contributed by atoms with van der Waals surface area (Å²) < 4.78 is 41.3. The predicted molar refractivity (Wildman–Crippen MR) is 261 cm³/mol. The van der Waals surface area contributed by atoms with Crippen LogP contribution in [0.15, 0.2) is 120 Å². The molecule has 0 amide bonds. The molecule has 4 aromatic rings. The first-order valence-electron chi connectivity index (χ1n) is 25.4. The predicted octanol–water partition coefficient (Wildman–Crippen LogP) is 11.2. The molecule has 66 heavy (non-hydrogen) atoms. The first kappa shape index (κ1) is 42.1. The third-order valence-corrected chi connectivity index (χ3v) is 20.7. The maximum atomic E-state index is 12.0. The highest BCUT2D eigenvalue weighted by Gasteiger charge is 2.68. The van der Waals surface area contributed by atoms with Gasteiger partial charge in [-0.15, -0.1) is 0 Å². The lowest BCUT2D eigenvalue weighted by molar-refractivity contribution is -0.135. The van der Waals surface area contributed by atoms with Crippen molar-refractivity contribution < 1.29 is 17.9 Å². The second-order valence-electron chi connectivity index (χ2n) is 23.2. The number of aromatic nitrogens is 2. The molecule has 344 valence electrons. The van der Waals surface area contributed by atoms with E-state index in [9.17, 15) is 8.42 Å². The van der Waals surface area contributed by atoms with Crippen molar-refractivity contribution in [1.29, 1.82) is 0 Å². The second kappa shape index (κ2) is 14.5. The molecule has 6 aliphatic carbocycles. The number of sulfonamides is 1. The van der Waals surface area contributed by atoms with E-state index in [4.69, 9.17) is 15.2 Å². The number of ether oxygens (including phenoxy) is 2. The Hall–Kier alpha value is -3.99. The summed E-state index contributed by atoms with van der Waals surface area (Å²) in [5.74, 6) is 2.14. The molecule has 0 unspecified atom stereocenters. The zero-order valence-corrected chi connectivity index (χ0v) is 39.8. The standard InChI is InChI=1S/C29H34N2O3S.C28H32N2O/c1-27-11-9-23-16-22-5-6-24(31-35(2,32)33)17-28(22)12-13-29(23,34-28)26(27)8-7-25(27)20-4-3-19-10-14-30-18-21(19)15-20;1-26-10-8-22-15-21-4-5-23(29)16-27(21)11-12-28(22,31-27)25(26)7-6-24(26)19-3-2-18-9-13-30-17-20(18)14-19/h3-4,9-10,14-16,18,24-26,31H,5-8,11-13,17H2,1-2H3;2-3,8-9,13-15,17,23-25H,4-7,10-12,16,29H2,1H3/t24-,25+,26+,27+,28+,29+;23-,24+,25+,26+,27+,28+/m00/s1. The minimum Gasteiger partial charge on any atom is -0.359 e. The van der Waals surface area contributed by atoms with E-state index in [2.05, 4.69) is 101 Å². The van der Waals surface area contributed by atoms with Crippen LogP contribution in [-0.4, -0.2) is 59.1 Å². The Labute approximate surface area is 391 Å². The first-order chi connectivity index (χ1) is 31.7. The van der Waals surface area contributed by atoms with Gasteiger partial charge in [-0.25, -0.2) is 13.1 Å². The number of nitrogens with two attached hydrogens (primary N) is 1. The number of rotatable bonds is 4. The fourth-order valence-corrected chi connectivity index (χ4v) is 17.8. The quantitative estimate of drug-likeness (QED) is 0.209. The van der Waals surface area contributed by atoms with Gasteiger partial charge >= 0.3 is 0 Å². The van der Waals surface area contributed by atoms with Crippen LogP contribution in [0.1, 0.15) is 140 Å². The van der Waals surface area contributed by atoms with E-state index in [-0.39, 0.29) is 45.3 Å². The summed E-state index contributed by atoms with van der Waals surface area (Å²) in [6, 6.07) is 18.4. The number of fused-ring (bicyclic) bond motifs is 4. The van der Waals surface area contributed by atoms with Gasteiger partial charge in [0.25, 0.3) is 0 Å². The molecular weight excluding hydrogens is 837 g/mol. The number of hydrogen-bond donors (Lipinski definition) is 2. The summed E-state index contributed by atoms with van der Waals surface area (Å²) in [6.07, 6.45) is 36.3. The molecule has 2 saturated heterocycles. The number of benzene rings is 2. The summed E-state index contributed by atoms with van der Waals surface area (Å²) in [7, 11) is -3.23. The molecule has 2 aromatic heterocycles. The van der Waals surface area contributed by atoms with E-state index in [1.165, 1.54) is 93.3 Å². The van der Waals surface area contributed by atoms with Crippen molar-refractivity contribution in [3.63, 3.8) is 0 Å². The number of pyridine rings is 2. The van der Waals surface area contributed by atoms with Crippen LogP contribution in [0.4, 0.5) is 0 Å². The summed E-state index contributed by atoms with van der Waals surface area (Å²) in [5.41, 5.74) is 14.9. The average Bonchev–Trinajstić information content (AvgIpc) is 4.03. The molecule has 10 aliphatic rings. The van der Waals surface area contributed by atoms with Crippen LogP contribution in [0.25, 0.3) is 21.5 Å². The highest BCUT2D eigenvalue weighted by atomic mass is 32.2. The van der Waals surface area contributed by atoms with Crippen molar-refractivity contribution in [2.45, 2.75) is 163 Å². The molecule has 14 rings (SSSR count). The van der Waals surface area contributed by atoms with Gasteiger partial charge in [0.2, 0.25) is 10.0 Å². The molecule has 12 atom stereocenters. The summed E-state index contributed by atoms with van der Waals surface area (Å²) in [4.78, 5) is 8.71. The fraction of sp³-hybridized carbons (Fsp3) is 0.544. The van der Waals surface area contributed by atoms with Gasteiger partial charge in [-0.3, -0.25) is 9.97 Å². The van der Waals surface area contributed by atoms with Crippen LogP contribution >= 0.6 is 0 Å². The minimum absolute atomic E-state index is 0.0414. The molecule has 4 saturated carbocycles. The van der Waals surface area contributed by atoms with E-state index in [1.54, 1.807) is 0 Å². The molecule has 4 bridgehead atoms. The molecule has 4 spiro atoms. The molecule has 3 N–H and O–H groups in total. The maximum Gasteiger partial charge on any atom is 0.208 e. The number of nitrogens with one attached hydrogen (secondary N) is 1. The van der Waals surface area contributed by atoms with Crippen molar-refractivity contribution in [1.82, 2.24) is 14.7 Å². The van der Waals surface area contributed by atoms with Crippen molar-refractivity contribution >= 4 is 31.6 Å². The molecular formula is C57H66N4O4S. The summed E-state index contributed by atoms with van der Waals surface area (Å²) >= 11 is 0. The fourth-order valence-electron chi connectivity index (χ4n) is 17.0. The highest BCUT2D eigenvalue weighted by molar-refractivity contribution is 7.88. The van der Waals surface area contributed by atoms with E-state index in [0.29, 0.717) is 23.7 Å². The van der Waals surface area contributed by atoms with Crippen LogP contribution in [0, 0.1) is 22.7 Å². The van der Waals surface area contributed by atoms with Crippen LogP contribution < -0.4 is 10.5 Å². The van der Waals surface area contributed by atoms with Gasteiger partial charge in [0.05, 0.1) is 28.7 Å². The topological polar surface area (TPSA) is 116 Å². The lowest BCUT2D eigenvalue weighted by atomic mass is 9.58. The molecule has 6 fully saturated rings. The molecule has 0 radical (unpaired) electrons. The molecule has 9 heteroatoms. The van der Waals surface area contributed by atoms with Crippen molar-refractivity contribution in [2.75, 3.05) is 6.26 Å². The minimum atomic E-state index is -3.23. The Morgan fingerprint density at radius 2 is 1.15 bits per heavy atom. The van der Waals surface area contributed by atoms with E-state index < -0.39 is 10.0 Å². The van der Waals surface area contributed by atoms with Gasteiger partial charge < -0.3 is 15.2 Å². The summed E-state index contributed by atoms with van der Waals surface area (Å²) in [6.45, 7) is 5.04. The Morgan fingerprint density at radius 3 is 1.68 bits per heavy atom. The number of hydrogen-bond acceptors (Lipinski definition) is 7. The molecule has 4 aliphatic heterocycles. The smallest absolute Gasteiger partial charge is 0.208 e. The normalized spacial score (nSPS) is 41.5.